The molecule has 152 valence electrons. The Hall–Kier alpha value is -2.08. The van der Waals surface area contributed by atoms with E-state index in [1.54, 1.807) is 31.3 Å². The zero-order valence-corrected chi connectivity index (χ0v) is 18.5. The third-order valence-electron chi connectivity index (χ3n) is 4.21. The molecule has 1 aromatic carbocycles. The second-order valence-corrected chi connectivity index (χ2v) is 8.53. The third-order valence-corrected chi connectivity index (χ3v) is 5.98. The molecular formula is C18H23IN4O4S. The van der Waals surface area contributed by atoms with Crippen molar-refractivity contribution in [1.82, 2.24) is 10.6 Å². The van der Waals surface area contributed by atoms with Crippen molar-refractivity contribution in [3.05, 3.63) is 54.0 Å². The minimum absolute atomic E-state index is 0. The van der Waals surface area contributed by atoms with Crippen molar-refractivity contribution in [2.75, 3.05) is 23.9 Å². The molecule has 1 atom stereocenters. The zero-order chi connectivity index (χ0) is 19.3. The summed E-state index contributed by atoms with van der Waals surface area (Å²) in [7, 11) is -1.29. The third kappa shape index (κ3) is 6.23. The molecule has 3 rings (SSSR count). The van der Waals surface area contributed by atoms with Crippen LogP contribution in [0.15, 0.2) is 52.1 Å². The fourth-order valence-corrected chi connectivity index (χ4v) is 4.46. The summed E-state index contributed by atoms with van der Waals surface area (Å²) in [6, 6.07) is 10.5. The van der Waals surface area contributed by atoms with Crippen molar-refractivity contribution in [1.29, 1.82) is 0 Å². The Morgan fingerprint density at radius 3 is 2.57 bits per heavy atom. The molecule has 2 heterocycles. The number of anilines is 1. The number of rotatable bonds is 5. The lowest BCUT2D eigenvalue weighted by Gasteiger charge is -2.16. The fourth-order valence-electron chi connectivity index (χ4n) is 2.79. The standard InChI is InChI=1S/C18H22N4O4S.HI/c1-19-18(22-15-8-10-27(24,25)12-15)20-11-13-4-6-14(7-5-13)21-17(23)16-3-2-9-26-16;/h2-7,9,15H,8,10-12H2,1H3,(H,21,23)(H2,19,20,22);1H. The number of furan rings is 1. The molecule has 1 fully saturated rings. The number of hydrogen-bond donors (Lipinski definition) is 3. The monoisotopic (exact) mass is 518 g/mol. The number of benzene rings is 1. The molecule has 0 spiro atoms. The average Bonchev–Trinajstić information content (AvgIpc) is 3.29. The molecule has 1 saturated heterocycles. The molecule has 2 aromatic rings. The van der Waals surface area contributed by atoms with Crippen molar-refractivity contribution < 1.29 is 17.6 Å². The number of nitrogens with zero attached hydrogens (tertiary/aromatic N) is 1. The van der Waals surface area contributed by atoms with Crippen molar-refractivity contribution >= 4 is 51.4 Å². The summed E-state index contributed by atoms with van der Waals surface area (Å²) in [5.41, 5.74) is 1.66. The van der Waals surface area contributed by atoms with Crippen LogP contribution in [0, 0.1) is 0 Å². The molecule has 10 heteroatoms. The van der Waals surface area contributed by atoms with Gasteiger partial charge in [0.1, 0.15) is 0 Å². The van der Waals surface area contributed by atoms with Crippen LogP contribution in [0.1, 0.15) is 22.5 Å². The van der Waals surface area contributed by atoms with Gasteiger partial charge in [0.2, 0.25) is 0 Å². The molecule has 1 aliphatic rings. The molecule has 1 aliphatic heterocycles. The van der Waals surface area contributed by atoms with Gasteiger partial charge in [-0.1, -0.05) is 12.1 Å². The Morgan fingerprint density at radius 1 is 1.25 bits per heavy atom. The number of aliphatic imine (C=N–C) groups is 1. The van der Waals surface area contributed by atoms with E-state index in [1.807, 2.05) is 12.1 Å². The molecule has 0 radical (unpaired) electrons. The molecule has 28 heavy (non-hydrogen) atoms. The summed E-state index contributed by atoms with van der Waals surface area (Å²) in [5, 5.41) is 9.06. The zero-order valence-electron chi connectivity index (χ0n) is 15.3. The maximum Gasteiger partial charge on any atom is 0.291 e. The Kier molecular flexibility index (Phi) is 7.87. The van der Waals surface area contributed by atoms with Gasteiger partial charge in [-0.2, -0.15) is 0 Å². The highest BCUT2D eigenvalue weighted by Crippen LogP contribution is 2.13. The molecule has 1 aromatic heterocycles. The van der Waals surface area contributed by atoms with E-state index < -0.39 is 9.84 Å². The normalized spacial score (nSPS) is 18.2. The number of amides is 1. The lowest BCUT2D eigenvalue weighted by Crippen LogP contribution is -2.43. The predicted octanol–water partition coefficient (Wildman–Crippen LogP) is 2.00. The summed E-state index contributed by atoms with van der Waals surface area (Å²) in [5.74, 6) is 0.865. The quantitative estimate of drug-likeness (QED) is 0.317. The maximum absolute atomic E-state index is 11.9. The minimum atomic E-state index is -2.93. The lowest BCUT2D eigenvalue weighted by molar-refractivity contribution is 0.0996. The molecule has 1 unspecified atom stereocenters. The first kappa shape index (κ1) is 22.2. The van der Waals surface area contributed by atoms with E-state index in [2.05, 4.69) is 20.9 Å². The van der Waals surface area contributed by atoms with Crippen molar-refractivity contribution in [2.45, 2.75) is 19.0 Å². The molecule has 8 nitrogen and oxygen atoms in total. The van der Waals surface area contributed by atoms with Crippen LogP contribution in [-0.2, 0) is 16.4 Å². The first-order valence-electron chi connectivity index (χ1n) is 8.56. The van der Waals surface area contributed by atoms with Crippen LogP contribution in [0.5, 0.6) is 0 Å². The van der Waals surface area contributed by atoms with E-state index in [4.69, 9.17) is 4.42 Å². The number of sulfone groups is 1. The van der Waals surface area contributed by atoms with Gasteiger partial charge in [-0.3, -0.25) is 9.79 Å². The Balaban J connectivity index is 0.00000280. The number of nitrogens with one attached hydrogen (secondary N) is 3. The first-order valence-corrected chi connectivity index (χ1v) is 10.4. The van der Waals surface area contributed by atoms with E-state index in [9.17, 15) is 13.2 Å². The summed E-state index contributed by atoms with van der Waals surface area (Å²) < 4.78 is 28.1. The highest BCUT2D eigenvalue weighted by molar-refractivity contribution is 14.0. The summed E-state index contributed by atoms with van der Waals surface area (Å²) in [6.45, 7) is 0.519. The van der Waals surface area contributed by atoms with E-state index in [0.717, 1.165) is 5.56 Å². The second kappa shape index (κ2) is 9.92. The Bertz CT molecular complexity index is 912. The van der Waals surface area contributed by atoms with Crippen molar-refractivity contribution in [2.24, 2.45) is 4.99 Å². The molecule has 0 aliphatic carbocycles. The van der Waals surface area contributed by atoms with Gasteiger partial charge in [-0.15, -0.1) is 24.0 Å². The molecular weight excluding hydrogens is 495 g/mol. The molecule has 1 amide bonds. The van der Waals surface area contributed by atoms with E-state index in [0.29, 0.717) is 24.6 Å². The largest absolute Gasteiger partial charge is 0.459 e. The van der Waals surface area contributed by atoms with Gasteiger partial charge in [-0.25, -0.2) is 8.42 Å². The number of carbonyl (C=O) groups excluding carboxylic acids is 1. The van der Waals surface area contributed by atoms with E-state index >= 15 is 0 Å². The van der Waals surface area contributed by atoms with Crippen LogP contribution in [0.25, 0.3) is 0 Å². The number of hydrogen-bond acceptors (Lipinski definition) is 5. The van der Waals surface area contributed by atoms with Crippen molar-refractivity contribution in [3.8, 4) is 0 Å². The molecule has 3 N–H and O–H groups in total. The first-order chi connectivity index (χ1) is 12.9. The average molecular weight is 518 g/mol. The highest BCUT2D eigenvalue weighted by Gasteiger charge is 2.28. The summed E-state index contributed by atoms with van der Waals surface area (Å²) >= 11 is 0. The van der Waals surface area contributed by atoms with Gasteiger partial charge in [0.25, 0.3) is 5.91 Å². The fraction of sp³-hybridized carbons (Fsp3) is 0.333. The smallest absolute Gasteiger partial charge is 0.291 e. The minimum Gasteiger partial charge on any atom is -0.459 e. The van der Waals surface area contributed by atoms with Crippen LogP contribution >= 0.6 is 24.0 Å². The topological polar surface area (TPSA) is 113 Å². The molecule has 0 bridgehead atoms. The van der Waals surface area contributed by atoms with Crippen LogP contribution < -0.4 is 16.0 Å². The molecule has 0 saturated carbocycles. The van der Waals surface area contributed by atoms with Crippen LogP contribution in [0.4, 0.5) is 5.69 Å². The van der Waals surface area contributed by atoms with Gasteiger partial charge < -0.3 is 20.4 Å². The number of guanidine groups is 1. The van der Waals surface area contributed by atoms with Gasteiger partial charge in [0.05, 0.1) is 17.8 Å². The van der Waals surface area contributed by atoms with E-state index in [-0.39, 0.29) is 53.2 Å². The van der Waals surface area contributed by atoms with Crippen LogP contribution in [0.3, 0.4) is 0 Å². The van der Waals surface area contributed by atoms with Crippen molar-refractivity contribution in [3.63, 3.8) is 0 Å². The van der Waals surface area contributed by atoms with Crippen LogP contribution in [0.2, 0.25) is 0 Å². The van der Waals surface area contributed by atoms with Gasteiger partial charge >= 0.3 is 0 Å². The van der Waals surface area contributed by atoms with Crippen LogP contribution in [-0.4, -0.2) is 44.9 Å². The Labute approximate surface area is 181 Å². The number of carbonyl (C=O) groups is 1. The summed E-state index contributed by atoms with van der Waals surface area (Å²) in [6.07, 6.45) is 2.04. The van der Waals surface area contributed by atoms with Gasteiger partial charge in [0, 0.05) is 25.3 Å². The summed E-state index contributed by atoms with van der Waals surface area (Å²) in [4.78, 5) is 16.1. The SMILES string of the molecule is CN=C(NCc1ccc(NC(=O)c2ccco2)cc1)NC1CCS(=O)(=O)C1.I. The number of halogens is 1. The lowest BCUT2D eigenvalue weighted by atomic mass is 10.2. The van der Waals surface area contributed by atoms with E-state index in [1.165, 1.54) is 6.26 Å². The highest BCUT2D eigenvalue weighted by atomic mass is 127. The Morgan fingerprint density at radius 2 is 2.00 bits per heavy atom. The predicted molar refractivity (Wildman–Crippen MR) is 119 cm³/mol. The van der Waals surface area contributed by atoms with Gasteiger partial charge in [0.15, 0.2) is 21.6 Å². The maximum atomic E-state index is 11.9. The van der Waals surface area contributed by atoms with Gasteiger partial charge in [-0.05, 0) is 36.2 Å². The second-order valence-electron chi connectivity index (χ2n) is 6.30.